The van der Waals surface area contributed by atoms with Crippen LogP contribution >= 0.6 is 11.6 Å². The lowest BCUT2D eigenvalue weighted by Gasteiger charge is -2.34. The van der Waals surface area contributed by atoms with Crippen LogP contribution in [0, 0.1) is 10.8 Å². The van der Waals surface area contributed by atoms with Gasteiger partial charge in [-0.1, -0.05) is 0 Å². The van der Waals surface area contributed by atoms with Crippen LogP contribution in [-0.2, 0) is 28.5 Å². The number of anilines is 2. The fourth-order valence-corrected chi connectivity index (χ4v) is 5.67. The van der Waals surface area contributed by atoms with Crippen molar-refractivity contribution in [2.75, 3.05) is 88.9 Å². The average molecular weight is 759 g/mol. The second kappa shape index (κ2) is 19.4. The minimum absolute atomic E-state index is 0.0870. The average Bonchev–Trinajstić information content (AvgIpc) is 3.73. The maximum Gasteiger partial charge on any atom is 0.414 e. The molecule has 3 aliphatic rings. The van der Waals surface area contributed by atoms with Gasteiger partial charge in [0, 0.05) is 55.2 Å². The first-order valence-corrected chi connectivity index (χ1v) is 17.2. The maximum atomic E-state index is 12.4. The number of halogens is 1. The third-order valence-corrected chi connectivity index (χ3v) is 8.61. The number of nitrogens with zero attached hydrogens (tertiary/aromatic N) is 4. The summed E-state index contributed by atoms with van der Waals surface area (Å²) in [6, 6.07) is 13.3. The second-order valence-corrected chi connectivity index (χ2v) is 12.2. The number of ether oxygens (including phenoxy) is 5. The third-order valence-electron chi connectivity index (χ3n) is 8.27. The summed E-state index contributed by atoms with van der Waals surface area (Å²) in [6.45, 7) is 7.03. The second-order valence-electron chi connectivity index (χ2n) is 11.8. The van der Waals surface area contributed by atoms with E-state index in [1.165, 1.54) is 19.1 Å². The fraction of sp³-hybridized carbons (Fsp3) is 0.441. The van der Waals surface area contributed by atoms with E-state index in [1.54, 1.807) is 60.4 Å². The molecule has 0 aromatic heterocycles. The van der Waals surface area contributed by atoms with Gasteiger partial charge in [0.2, 0.25) is 0 Å². The smallest absolute Gasteiger partial charge is 0.414 e. The van der Waals surface area contributed by atoms with E-state index in [2.05, 4.69) is 29.9 Å². The monoisotopic (exact) mass is 758 g/mol. The molecule has 0 unspecified atom stereocenters. The number of benzene rings is 2. The van der Waals surface area contributed by atoms with Gasteiger partial charge < -0.3 is 23.7 Å². The SMILES string of the molecule is CCOC(=O)CN1CCN(C[C@@H]2CN(c3ccc(C(=N)NC(=O)OC)cc3)C(=O)O2)CC1.COC(=O)NC(=N)c1ccc(N2C[C@H](CCl)OC2=O)cc1. The van der Waals surface area contributed by atoms with Crippen molar-refractivity contribution in [3.05, 3.63) is 59.7 Å². The molecule has 19 heteroatoms. The largest absolute Gasteiger partial charge is 0.465 e. The van der Waals surface area contributed by atoms with Gasteiger partial charge in [-0.05, 0) is 55.5 Å². The van der Waals surface area contributed by atoms with E-state index < -0.39 is 24.4 Å². The molecular formula is C34H43ClN8O10. The van der Waals surface area contributed by atoms with Crippen molar-refractivity contribution in [2.24, 2.45) is 0 Å². The predicted molar refractivity (Wildman–Crippen MR) is 193 cm³/mol. The predicted octanol–water partition coefficient (Wildman–Crippen LogP) is 2.81. The Morgan fingerprint density at radius 1 is 0.755 bits per heavy atom. The molecule has 0 aliphatic carbocycles. The number of alkyl halides is 1. The zero-order valence-electron chi connectivity index (χ0n) is 29.6. The zero-order chi connectivity index (χ0) is 38.5. The van der Waals surface area contributed by atoms with Crippen molar-refractivity contribution in [1.82, 2.24) is 20.4 Å². The van der Waals surface area contributed by atoms with Gasteiger partial charge >= 0.3 is 30.3 Å². The molecule has 2 aromatic rings. The maximum absolute atomic E-state index is 12.4. The molecule has 3 heterocycles. The van der Waals surface area contributed by atoms with Crippen molar-refractivity contribution < 1.29 is 47.7 Å². The van der Waals surface area contributed by atoms with Crippen LogP contribution in [0.25, 0.3) is 0 Å². The first-order chi connectivity index (χ1) is 25.4. The third kappa shape index (κ3) is 11.5. The fourth-order valence-electron chi connectivity index (χ4n) is 5.51. The Bertz CT molecular complexity index is 1640. The Kier molecular flexibility index (Phi) is 14.8. The zero-order valence-corrected chi connectivity index (χ0v) is 30.3. The topological polar surface area (TPSA) is 216 Å². The summed E-state index contributed by atoms with van der Waals surface area (Å²) in [6.07, 6.45) is -2.86. The number of amidine groups is 2. The van der Waals surface area contributed by atoms with Crippen LogP contribution in [0.5, 0.6) is 0 Å². The van der Waals surface area contributed by atoms with E-state index in [4.69, 9.17) is 36.6 Å². The number of esters is 1. The highest BCUT2D eigenvalue weighted by atomic mass is 35.5. The van der Waals surface area contributed by atoms with E-state index in [9.17, 15) is 24.0 Å². The molecule has 53 heavy (non-hydrogen) atoms. The Balaban J connectivity index is 0.000000258. The molecule has 286 valence electrons. The summed E-state index contributed by atoms with van der Waals surface area (Å²) in [4.78, 5) is 65.3. The van der Waals surface area contributed by atoms with Crippen LogP contribution in [0.2, 0.25) is 0 Å². The van der Waals surface area contributed by atoms with E-state index in [1.807, 2.05) is 0 Å². The van der Waals surface area contributed by atoms with Crippen molar-refractivity contribution in [3.8, 4) is 0 Å². The lowest BCUT2D eigenvalue weighted by atomic mass is 10.1. The Labute approximate surface area is 311 Å². The highest BCUT2D eigenvalue weighted by Gasteiger charge is 2.34. The van der Waals surface area contributed by atoms with Gasteiger partial charge in [0.15, 0.2) is 0 Å². The van der Waals surface area contributed by atoms with Crippen molar-refractivity contribution in [3.63, 3.8) is 0 Å². The van der Waals surface area contributed by atoms with Crippen LogP contribution in [0.15, 0.2) is 48.5 Å². The van der Waals surface area contributed by atoms with Crippen molar-refractivity contribution in [1.29, 1.82) is 10.8 Å². The summed E-state index contributed by atoms with van der Waals surface area (Å²) >= 11 is 5.67. The van der Waals surface area contributed by atoms with Gasteiger partial charge in [0.1, 0.15) is 23.9 Å². The number of cyclic esters (lactones) is 2. The van der Waals surface area contributed by atoms with Gasteiger partial charge in [0.05, 0.1) is 46.3 Å². The summed E-state index contributed by atoms with van der Waals surface area (Å²) in [7, 11) is 2.45. The normalized spacial score (nSPS) is 18.6. The quantitative estimate of drug-likeness (QED) is 0.0905. The molecule has 3 aliphatic heterocycles. The van der Waals surface area contributed by atoms with E-state index in [0.29, 0.717) is 55.3 Å². The molecule has 3 fully saturated rings. The van der Waals surface area contributed by atoms with E-state index >= 15 is 0 Å². The van der Waals surface area contributed by atoms with Crippen LogP contribution in [0.1, 0.15) is 18.1 Å². The van der Waals surface area contributed by atoms with Crippen LogP contribution in [0.3, 0.4) is 0 Å². The molecule has 0 spiro atoms. The van der Waals surface area contributed by atoms with Gasteiger partial charge in [-0.3, -0.25) is 45.8 Å². The Morgan fingerprint density at radius 2 is 1.19 bits per heavy atom. The van der Waals surface area contributed by atoms with Crippen LogP contribution < -0.4 is 20.4 Å². The van der Waals surface area contributed by atoms with Gasteiger partial charge in [-0.2, -0.15) is 0 Å². The van der Waals surface area contributed by atoms with E-state index in [0.717, 1.165) is 26.2 Å². The number of carbonyl (C=O) groups is 5. The molecular weight excluding hydrogens is 716 g/mol. The standard InChI is InChI=1S/C21H29N5O6.C13H14ClN3O4/c1-3-31-18(27)14-25-10-8-24(9-11-25)12-17-13-26(21(29)32-17)16-6-4-15(5-7-16)19(22)23-20(28)30-2;1-20-12(18)16-11(15)8-2-4-9(5-3-8)17-7-10(6-14)21-13(17)19/h4-7,17H,3,8-14H2,1-2H3,(H2,22,23,28);2-5,10H,6-7H2,1H3,(H2,15,16,18)/t17-;10-/m10/s1. The van der Waals surface area contributed by atoms with E-state index in [-0.39, 0.29) is 35.7 Å². The number of methoxy groups -OCH3 is 2. The van der Waals surface area contributed by atoms with Gasteiger partial charge in [-0.25, -0.2) is 19.2 Å². The molecule has 3 saturated heterocycles. The Hall–Kier alpha value is -5.46. The first kappa shape index (κ1) is 40.3. The summed E-state index contributed by atoms with van der Waals surface area (Å²) < 4.78 is 24.5. The Morgan fingerprint density at radius 3 is 1.60 bits per heavy atom. The lowest BCUT2D eigenvalue weighted by molar-refractivity contribution is -0.144. The number of carbonyl (C=O) groups excluding carboxylic acids is 5. The van der Waals surface area contributed by atoms with Crippen LogP contribution in [0.4, 0.5) is 30.6 Å². The first-order valence-electron chi connectivity index (χ1n) is 16.6. The van der Waals surface area contributed by atoms with Gasteiger partial charge in [0.25, 0.3) is 0 Å². The number of rotatable bonds is 10. The number of amides is 4. The number of nitrogens with one attached hydrogen (secondary N) is 4. The number of piperazine rings is 1. The highest BCUT2D eigenvalue weighted by Crippen LogP contribution is 2.24. The highest BCUT2D eigenvalue weighted by molar-refractivity contribution is 6.18. The molecule has 18 nitrogen and oxygen atoms in total. The summed E-state index contributed by atoms with van der Waals surface area (Å²) in [5.41, 5.74) is 2.28. The lowest BCUT2D eigenvalue weighted by Crippen LogP contribution is -2.50. The molecule has 4 N–H and O–H groups in total. The minimum Gasteiger partial charge on any atom is -0.465 e. The molecule has 2 atom stereocenters. The molecule has 4 amide bonds. The number of alkyl carbamates (subject to hydrolysis) is 2. The summed E-state index contributed by atoms with van der Waals surface area (Å²) in [5.74, 6) is -0.138. The molecule has 0 bridgehead atoms. The van der Waals surface area contributed by atoms with Crippen molar-refractivity contribution >= 4 is 65.0 Å². The molecule has 5 rings (SSSR count). The van der Waals surface area contributed by atoms with Gasteiger partial charge in [-0.15, -0.1) is 11.6 Å². The molecule has 2 aromatic carbocycles. The summed E-state index contributed by atoms with van der Waals surface area (Å²) in [5, 5.41) is 20.1. The number of hydrogen-bond donors (Lipinski definition) is 4. The van der Waals surface area contributed by atoms with Crippen molar-refractivity contribution in [2.45, 2.75) is 19.1 Å². The number of hydrogen-bond acceptors (Lipinski definition) is 14. The molecule has 0 saturated carbocycles. The van der Waals surface area contributed by atoms with Crippen LogP contribution in [-0.4, -0.2) is 143 Å². The molecule has 0 radical (unpaired) electrons. The minimum atomic E-state index is -0.716.